The highest BCUT2D eigenvalue weighted by atomic mass is 35.5. The molecule has 0 aliphatic carbocycles. The summed E-state index contributed by atoms with van der Waals surface area (Å²) >= 11 is 12.0. The number of pyridine rings is 1. The number of ether oxygens (including phenoxy) is 1. The Balaban J connectivity index is 1.40. The van der Waals surface area contributed by atoms with E-state index in [4.69, 9.17) is 27.9 Å². The third-order valence-corrected chi connectivity index (χ3v) is 10.8. The number of likely N-dealkylation sites (tertiary alicyclic amines) is 1. The quantitative estimate of drug-likeness (QED) is 0.228. The number of aromatic amines is 1. The number of hydrogen-bond donors (Lipinski definition) is 2. The molecule has 6 rings (SSSR count). The van der Waals surface area contributed by atoms with Crippen molar-refractivity contribution in [3.05, 3.63) is 69.7 Å². The number of amides is 2. The Bertz CT molecular complexity index is 1990. The number of halogens is 5. The number of sulfone groups is 1. The van der Waals surface area contributed by atoms with Gasteiger partial charge in [0.05, 0.1) is 21.7 Å². The molecule has 2 N–H and O–H groups in total. The summed E-state index contributed by atoms with van der Waals surface area (Å²) in [6.07, 6.45) is -3.42. The summed E-state index contributed by atoms with van der Waals surface area (Å²) in [4.78, 5) is 33.9. The first kappa shape index (κ1) is 35.1. The fourth-order valence-corrected chi connectivity index (χ4v) is 8.10. The summed E-state index contributed by atoms with van der Waals surface area (Å²) in [7, 11) is -2.23. The van der Waals surface area contributed by atoms with E-state index >= 15 is 0 Å². The summed E-state index contributed by atoms with van der Waals surface area (Å²) < 4.78 is 74.6. The second-order valence-corrected chi connectivity index (χ2v) is 14.8. The first-order valence-corrected chi connectivity index (χ1v) is 17.6. The van der Waals surface area contributed by atoms with Crippen LogP contribution in [0.1, 0.15) is 47.5 Å². The second kappa shape index (κ2) is 13.9. The van der Waals surface area contributed by atoms with E-state index in [1.54, 1.807) is 6.07 Å². The molecule has 0 bridgehead atoms. The van der Waals surface area contributed by atoms with E-state index in [1.807, 2.05) is 7.05 Å². The molecule has 2 aliphatic rings. The van der Waals surface area contributed by atoms with Gasteiger partial charge in [-0.1, -0.05) is 29.3 Å². The zero-order chi connectivity index (χ0) is 35.1. The Labute approximate surface area is 289 Å². The molecule has 49 heavy (non-hydrogen) atoms. The zero-order valence-electron chi connectivity index (χ0n) is 26.1. The monoisotopic (exact) mass is 738 g/mol. The van der Waals surface area contributed by atoms with E-state index in [9.17, 15) is 31.2 Å². The molecule has 4 aromatic rings. The van der Waals surface area contributed by atoms with Gasteiger partial charge in [-0.25, -0.2) is 13.4 Å². The minimum atomic E-state index is -5.22. The Hall–Kier alpha value is -3.76. The highest BCUT2D eigenvalue weighted by Gasteiger charge is 2.46. The zero-order valence-corrected chi connectivity index (χ0v) is 28.4. The van der Waals surface area contributed by atoms with Gasteiger partial charge in [0, 0.05) is 29.3 Å². The summed E-state index contributed by atoms with van der Waals surface area (Å²) in [5.41, 5.74) is 0.577. The topological polar surface area (TPSA) is 138 Å². The lowest BCUT2D eigenvalue weighted by atomic mass is 9.88. The molecule has 2 fully saturated rings. The van der Waals surface area contributed by atoms with Crippen LogP contribution in [0.15, 0.2) is 58.5 Å². The van der Waals surface area contributed by atoms with E-state index in [2.05, 4.69) is 25.4 Å². The minimum Gasteiger partial charge on any atom is -0.381 e. The first-order valence-electron chi connectivity index (χ1n) is 15.4. The number of anilines is 2. The highest BCUT2D eigenvalue weighted by Crippen LogP contribution is 2.37. The molecular weight excluding hydrogens is 708 g/mol. The van der Waals surface area contributed by atoms with Gasteiger partial charge in [0.25, 0.3) is 5.91 Å². The fraction of sp³-hybridized carbons (Fsp3) is 0.375. The van der Waals surface area contributed by atoms with Crippen LogP contribution < -0.4 is 10.2 Å². The van der Waals surface area contributed by atoms with Crippen molar-refractivity contribution in [2.24, 2.45) is 0 Å². The van der Waals surface area contributed by atoms with E-state index in [0.29, 0.717) is 4.90 Å². The van der Waals surface area contributed by atoms with E-state index < -0.39 is 33.9 Å². The lowest BCUT2D eigenvalue weighted by Gasteiger charge is -2.36. The van der Waals surface area contributed by atoms with Crippen molar-refractivity contribution in [1.29, 1.82) is 0 Å². The normalized spacial score (nSPS) is 16.9. The maximum Gasteiger partial charge on any atom is 0.471 e. The molecule has 2 amide bonds. The maximum absolute atomic E-state index is 14.1. The Morgan fingerprint density at radius 3 is 2.33 bits per heavy atom. The molecule has 4 heterocycles. The number of piperidine rings is 1. The predicted molar refractivity (Wildman–Crippen MR) is 177 cm³/mol. The van der Waals surface area contributed by atoms with Crippen molar-refractivity contribution in [2.75, 3.05) is 43.6 Å². The van der Waals surface area contributed by atoms with Crippen LogP contribution in [0.4, 0.5) is 24.7 Å². The SMILES string of the molecule is CN1CCC(c2ccc(C(=O)Nc3n[nH]c4ccc(S(=O)(=O)c5cc(Cl)cc(Cl)c5)nc34)c(N(C(=O)C(F)(F)F)C3CCOCC3)c2)CC1. The lowest BCUT2D eigenvalue weighted by molar-refractivity contribution is -0.171. The molecule has 0 unspecified atom stereocenters. The van der Waals surface area contributed by atoms with Gasteiger partial charge in [-0.15, -0.1) is 0 Å². The molecule has 17 heteroatoms. The number of carbonyl (C=O) groups excluding carboxylic acids is 2. The predicted octanol–water partition coefficient (Wildman–Crippen LogP) is 6.23. The lowest BCUT2D eigenvalue weighted by Crippen LogP contribution is -2.50. The average Bonchev–Trinajstić information content (AvgIpc) is 3.46. The van der Waals surface area contributed by atoms with Crippen LogP contribution in [-0.2, 0) is 19.4 Å². The van der Waals surface area contributed by atoms with Crippen molar-refractivity contribution in [1.82, 2.24) is 20.1 Å². The Morgan fingerprint density at radius 1 is 1.00 bits per heavy atom. The fourth-order valence-electron chi connectivity index (χ4n) is 6.18. The van der Waals surface area contributed by atoms with Crippen molar-refractivity contribution in [3.8, 4) is 0 Å². The number of benzene rings is 2. The number of aromatic nitrogens is 3. The van der Waals surface area contributed by atoms with Gasteiger partial charge >= 0.3 is 12.1 Å². The second-order valence-electron chi connectivity index (χ2n) is 12.1. The van der Waals surface area contributed by atoms with Gasteiger partial charge in [0.15, 0.2) is 10.8 Å². The molecule has 2 aliphatic heterocycles. The Kier molecular flexibility index (Phi) is 9.93. The molecule has 0 saturated carbocycles. The number of nitrogens with one attached hydrogen (secondary N) is 2. The molecule has 260 valence electrons. The number of nitrogens with zero attached hydrogens (tertiary/aromatic N) is 4. The molecule has 0 spiro atoms. The van der Waals surface area contributed by atoms with Crippen molar-refractivity contribution < 1.29 is 35.9 Å². The van der Waals surface area contributed by atoms with Crippen LogP contribution in [0.5, 0.6) is 0 Å². The van der Waals surface area contributed by atoms with E-state index in [-0.39, 0.29) is 80.0 Å². The van der Waals surface area contributed by atoms with Crippen LogP contribution in [0.2, 0.25) is 10.0 Å². The number of carbonyl (C=O) groups is 2. The van der Waals surface area contributed by atoms with Crippen LogP contribution in [-0.4, -0.2) is 85.9 Å². The van der Waals surface area contributed by atoms with Gasteiger partial charge in [-0.3, -0.25) is 14.7 Å². The highest BCUT2D eigenvalue weighted by molar-refractivity contribution is 7.91. The summed E-state index contributed by atoms with van der Waals surface area (Å²) in [6, 6.07) is 10.2. The van der Waals surface area contributed by atoms with Crippen LogP contribution in [0, 0.1) is 0 Å². The number of fused-ring (bicyclic) bond motifs is 1. The number of H-pyrrole nitrogens is 1. The van der Waals surface area contributed by atoms with Crippen molar-refractivity contribution in [3.63, 3.8) is 0 Å². The molecular formula is C32H31Cl2F3N6O5S. The summed E-state index contributed by atoms with van der Waals surface area (Å²) in [6.45, 7) is 1.88. The van der Waals surface area contributed by atoms with Gasteiger partial charge in [-0.05, 0) is 99.8 Å². The summed E-state index contributed by atoms with van der Waals surface area (Å²) in [5, 5.41) is 9.13. The van der Waals surface area contributed by atoms with Crippen molar-refractivity contribution >= 4 is 67.4 Å². The maximum atomic E-state index is 14.1. The van der Waals surface area contributed by atoms with Crippen LogP contribution in [0.25, 0.3) is 11.0 Å². The standard InChI is InChI=1S/C32H31Cl2F3N6O5S/c1-42-10-6-18(7-11-42)19-2-3-24(26(14-19)43(31(45)32(35,36)37)22-8-12-48-13-9-22)30(44)39-29-28-25(40-41-29)4-5-27(38-28)49(46,47)23-16-20(33)15-21(34)17-23/h2-5,14-18,22H,6-13H2,1H3,(H2,39,40,41,44). The molecule has 0 atom stereocenters. The van der Waals surface area contributed by atoms with Crippen molar-refractivity contribution in [2.45, 2.75) is 53.7 Å². The van der Waals surface area contributed by atoms with Gasteiger partial charge < -0.3 is 19.9 Å². The van der Waals surface area contributed by atoms with Gasteiger partial charge in [0.1, 0.15) is 5.52 Å². The minimum absolute atomic E-state index is 0.0128. The van der Waals surface area contributed by atoms with E-state index in [1.165, 1.54) is 42.5 Å². The number of hydrogen-bond acceptors (Lipinski definition) is 8. The van der Waals surface area contributed by atoms with Gasteiger partial charge in [0.2, 0.25) is 9.84 Å². The number of alkyl halides is 3. The number of rotatable bonds is 7. The molecule has 2 aromatic carbocycles. The van der Waals surface area contributed by atoms with Crippen LogP contribution in [0.3, 0.4) is 0 Å². The largest absolute Gasteiger partial charge is 0.471 e. The molecule has 2 aromatic heterocycles. The molecule has 0 radical (unpaired) electrons. The molecule has 2 saturated heterocycles. The first-order chi connectivity index (χ1) is 23.2. The third kappa shape index (κ3) is 7.41. The van der Waals surface area contributed by atoms with E-state index in [0.717, 1.165) is 31.5 Å². The Morgan fingerprint density at radius 2 is 1.67 bits per heavy atom. The van der Waals surface area contributed by atoms with Crippen LogP contribution >= 0.6 is 23.2 Å². The molecule has 11 nitrogen and oxygen atoms in total. The smallest absolute Gasteiger partial charge is 0.381 e. The average molecular weight is 740 g/mol. The van der Waals surface area contributed by atoms with Gasteiger partial charge in [-0.2, -0.15) is 18.3 Å². The third-order valence-electron chi connectivity index (χ3n) is 8.77. The summed E-state index contributed by atoms with van der Waals surface area (Å²) in [5.74, 6) is -3.12.